The molecule has 0 fully saturated rings. The van der Waals surface area contributed by atoms with Gasteiger partial charge in [0, 0.05) is 0 Å². The van der Waals surface area contributed by atoms with Crippen LogP contribution in [0.2, 0.25) is 4.47 Å². The fraction of sp³-hybridized carbons (Fsp3) is 0.375. The van der Waals surface area contributed by atoms with Gasteiger partial charge >= 0.3 is 16.9 Å². The molecule has 0 saturated carbocycles. The van der Waals surface area contributed by atoms with E-state index in [9.17, 15) is 19.7 Å². The Bertz CT molecular complexity index is 486. The van der Waals surface area contributed by atoms with Crippen molar-refractivity contribution in [1.29, 1.82) is 0 Å². The molecule has 1 aromatic heterocycles. The summed E-state index contributed by atoms with van der Waals surface area (Å²) in [6, 6.07) is 0. The van der Waals surface area contributed by atoms with Gasteiger partial charge in [-0.1, -0.05) is 11.6 Å². The van der Waals surface area contributed by atoms with Crippen LogP contribution in [-0.2, 0) is 19.1 Å². The molecule has 0 aliphatic rings. The van der Waals surface area contributed by atoms with Crippen molar-refractivity contribution < 1.29 is 24.0 Å². The number of halogens is 1. The largest absolute Gasteiger partial charge is 0.468 e. The van der Waals surface area contributed by atoms with Crippen LogP contribution in [0.3, 0.4) is 0 Å². The lowest BCUT2D eigenvalue weighted by atomic mass is 10.1. The summed E-state index contributed by atoms with van der Waals surface area (Å²) in [6.07, 6.45) is 0. The number of ether oxygens (including phenoxy) is 2. The number of rotatable bonds is 4. The molecule has 0 radical (unpaired) electrons. The van der Waals surface area contributed by atoms with Gasteiger partial charge in [0.25, 0.3) is 0 Å². The minimum absolute atomic E-state index is 0.158. The van der Waals surface area contributed by atoms with Crippen molar-refractivity contribution in [3.05, 3.63) is 20.3 Å². The number of methoxy groups -OCH3 is 2. The summed E-state index contributed by atoms with van der Waals surface area (Å²) in [6.45, 7) is 0. The summed E-state index contributed by atoms with van der Waals surface area (Å²) in [5.74, 6) is -3.64. The highest BCUT2D eigenvalue weighted by Gasteiger charge is 2.39. The molecule has 0 spiro atoms. The zero-order valence-corrected chi connectivity index (χ0v) is 10.8. The first-order valence-electron chi connectivity index (χ1n) is 4.38. The first-order valence-corrected chi connectivity index (χ1v) is 5.58. The van der Waals surface area contributed by atoms with Crippen LogP contribution in [0.25, 0.3) is 0 Å². The van der Waals surface area contributed by atoms with Crippen molar-refractivity contribution in [3.63, 3.8) is 0 Å². The quantitative estimate of drug-likeness (QED) is 0.354. The molecule has 1 rings (SSSR count). The van der Waals surface area contributed by atoms with Crippen molar-refractivity contribution in [2.24, 2.45) is 0 Å². The normalized spacial score (nSPS) is 10.2. The molecule has 0 aliphatic heterocycles. The smallest absolute Gasteiger partial charge is 0.349 e. The van der Waals surface area contributed by atoms with E-state index in [1.807, 2.05) is 0 Å². The monoisotopic (exact) mass is 294 g/mol. The van der Waals surface area contributed by atoms with Gasteiger partial charge in [0.05, 0.1) is 19.1 Å². The maximum absolute atomic E-state index is 11.5. The zero-order valence-electron chi connectivity index (χ0n) is 9.21. The molecule has 98 valence electrons. The molecule has 18 heavy (non-hydrogen) atoms. The van der Waals surface area contributed by atoms with Gasteiger partial charge in [-0.25, -0.2) is 4.98 Å². The van der Waals surface area contributed by atoms with Gasteiger partial charge in [-0.15, -0.1) is 0 Å². The number of hydrogen-bond donors (Lipinski definition) is 0. The number of carbonyl (C=O) groups excluding carboxylic acids is 2. The number of nitro groups is 1. The molecule has 1 heterocycles. The van der Waals surface area contributed by atoms with Crippen molar-refractivity contribution >= 4 is 39.9 Å². The molecule has 0 aromatic carbocycles. The van der Waals surface area contributed by atoms with Crippen molar-refractivity contribution in [3.8, 4) is 0 Å². The summed E-state index contributed by atoms with van der Waals surface area (Å²) in [5.41, 5.74) is -0.381. The van der Waals surface area contributed by atoms with Crippen LogP contribution in [0.15, 0.2) is 0 Å². The Labute approximate surface area is 110 Å². The second-order valence-corrected chi connectivity index (χ2v) is 4.45. The number of carbonyl (C=O) groups is 2. The molecule has 0 amide bonds. The average molecular weight is 295 g/mol. The first kappa shape index (κ1) is 14.3. The van der Waals surface area contributed by atoms with Gasteiger partial charge in [0.2, 0.25) is 5.92 Å². The molecule has 0 bridgehead atoms. The lowest BCUT2D eigenvalue weighted by Gasteiger charge is -2.09. The van der Waals surface area contributed by atoms with Crippen molar-refractivity contribution in [1.82, 2.24) is 4.98 Å². The van der Waals surface area contributed by atoms with E-state index in [0.717, 1.165) is 14.2 Å². The number of thiazole rings is 1. The van der Waals surface area contributed by atoms with E-state index in [1.165, 1.54) is 0 Å². The Morgan fingerprint density at radius 1 is 1.39 bits per heavy atom. The fourth-order valence-electron chi connectivity index (χ4n) is 1.17. The maximum Gasteiger partial charge on any atom is 0.349 e. The molecule has 0 unspecified atom stereocenters. The number of hydrogen-bond acceptors (Lipinski definition) is 8. The van der Waals surface area contributed by atoms with Crippen LogP contribution in [0.1, 0.15) is 11.6 Å². The molecule has 0 atom stereocenters. The van der Waals surface area contributed by atoms with Gasteiger partial charge in [-0.2, -0.15) is 0 Å². The van der Waals surface area contributed by atoms with E-state index >= 15 is 0 Å². The Morgan fingerprint density at radius 3 is 2.28 bits per heavy atom. The maximum atomic E-state index is 11.5. The summed E-state index contributed by atoms with van der Waals surface area (Å²) >= 11 is 6.09. The van der Waals surface area contributed by atoms with Crippen molar-refractivity contribution in [2.75, 3.05) is 14.2 Å². The number of esters is 2. The minimum atomic E-state index is -1.62. The van der Waals surface area contributed by atoms with Crippen molar-refractivity contribution in [2.45, 2.75) is 5.92 Å². The Balaban J connectivity index is 3.33. The molecule has 0 aliphatic carbocycles. The van der Waals surface area contributed by atoms with Gasteiger partial charge in [0.1, 0.15) is 0 Å². The van der Waals surface area contributed by atoms with E-state index in [2.05, 4.69) is 14.5 Å². The summed E-state index contributed by atoms with van der Waals surface area (Å²) in [4.78, 5) is 36.6. The SMILES string of the molecule is COC(=O)C(C(=O)OC)c1nc(Cl)sc1[N+](=O)[O-]. The first-order chi connectivity index (χ1) is 8.42. The van der Waals surface area contributed by atoms with Crippen LogP contribution >= 0.6 is 22.9 Å². The molecule has 10 heteroatoms. The predicted molar refractivity (Wildman–Crippen MR) is 60.6 cm³/mol. The lowest BCUT2D eigenvalue weighted by molar-refractivity contribution is -0.381. The minimum Gasteiger partial charge on any atom is -0.468 e. The third-order valence-corrected chi connectivity index (χ3v) is 3.05. The Hall–Kier alpha value is -1.74. The van der Waals surface area contributed by atoms with Gasteiger partial charge in [-0.05, 0) is 11.3 Å². The van der Waals surface area contributed by atoms with E-state index in [-0.39, 0.29) is 10.2 Å². The second kappa shape index (κ2) is 5.74. The average Bonchev–Trinajstić information content (AvgIpc) is 2.71. The highest BCUT2D eigenvalue weighted by Crippen LogP contribution is 2.35. The highest BCUT2D eigenvalue weighted by atomic mass is 35.5. The molecular formula is C8H7ClN2O6S. The second-order valence-electron chi connectivity index (χ2n) is 2.89. The van der Waals surface area contributed by atoms with Crippen LogP contribution in [0.4, 0.5) is 5.00 Å². The van der Waals surface area contributed by atoms with Crippen LogP contribution in [0.5, 0.6) is 0 Å². The van der Waals surface area contributed by atoms with Crippen LogP contribution in [0, 0.1) is 10.1 Å². The van der Waals surface area contributed by atoms with Gasteiger partial charge in [0.15, 0.2) is 10.2 Å². The third kappa shape index (κ3) is 2.74. The van der Waals surface area contributed by atoms with E-state index < -0.39 is 27.8 Å². The molecule has 0 N–H and O–H groups in total. The topological polar surface area (TPSA) is 109 Å². The summed E-state index contributed by atoms with van der Waals surface area (Å²) in [7, 11) is 2.08. The standard InChI is InChI=1S/C8H7ClN2O6S/c1-16-6(12)3(7(13)17-2)4-5(11(14)15)18-8(9)10-4/h3H,1-2H3. The Morgan fingerprint density at radius 2 is 1.89 bits per heavy atom. The number of nitrogens with zero attached hydrogens (tertiary/aromatic N) is 2. The molecule has 0 saturated heterocycles. The highest BCUT2D eigenvalue weighted by molar-refractivity contribution is 7.18. The summed E-state index contributed by atoms with van der Waals surface area (Å²) in [5, 5.41) is 10.3. The zero-order chi connectivity index (χ0) is 13.9. The number of aromatic nitrogens is 1. The van der Waals surface area contributed by atoms with Crippen LogP contribution in [-0.4, -0.2) is 36.1 Å². The van der Waals surface area contributed by atoms with E-state index in [1.54, 1.807) is 0 Å². The van der Waals surface area contributed by atoms with E-state index in [0.29, 0.717) is 11.3 Å². The van der Waals surface area contributed by atoms with E-state index in [4.69, 9.17) is 11.6 Å². The molecule has 1 aromatic rings. The van der Waals surface area contributed by atoms with Gasteiger partial charge < -0.3 is 9.47 Å². The molecular weight excluding hydrogens is 288 g/mol. The lowest BCUT2D eigenvalue weighted by Crippen LogP contribution is -2.25. The van der Waals surface area contributed by atoms with Gasteiger partial charge in [-0.3, -0.25) is 19.7 Å². The Kier molecular flexibility index (Phi) is 4.56. The summed E-state index contributed by atoms with van der Waals surface area (Å²) < 4.78 is 8.63. The predicted octanol–water partition coefficient (Wildman–Crippen LogP) is 1.13. The van der Waals surface area contributed by atoms with Crippen LogP contribution < -0.4 is 0 Å². The molecule has 8 nitrogen and oxygen atoms in total. The third-order valence-electron chi connectivity index (χ3n) is 1.92. The fourth-order valence-corrected chi connectivity index (χ4v) is 2.13.